The van der Waals surface area contributed by atoms with Crippen LogP contribution in [-0.2, 0) is 18.9 Å². The van der Waals surface area contributed by atoms with Crippen molar-refractivity contribution in [3.05, 3.63) is 188 Å². The highest BCUT2D eigenvalue weighted by Gasteiger charge is 2.18. The number of benzene rings is 5. The molecule has 35 heteroatoms. The van der Waals surface area contributed by atoms with Crippen LogP contribution in [0.1, 0.15) is 13.8 Å². The van der Waals surface area contributed by atoms with E-state index >= 15 is 0 Å². The van der Waals surface area contributed by atoms with Gasteiger partial charge in [-0.2, -0.15) is 38.7 Å². The minimum absolute atomic E-state index is 0.135. The fourth-order valence-corrected chi connectivity index (χ4v) is 9.69. The second-order valence-electron chi connectivity index (χ2n) is 22.7. The standard InChI is InChI=1S/C20H20N6O.C19H24N6O4.2C17H20N6O3/c1-13(2)27-16-10-8-15(9-11-16)22-20-24-19(21)26(25-20)18-12-7-14-5-3-4-6-17(14)23-18;1-26-9-11-28-15-7-6-14(13-16(15)29-12-10-27-2)22-19-23-18(20)25(24-19)17-5-3-4-8-21-17;1-24-9-10-26-13-7-6-12(11-14(13)25-2)20-17-21-16(18)23(22-17)15-5-3-4-8-19-15;1-24-9-10-26-14-11-12(6-7-13(14)25-2)20-17-21-16(18)23(22-17)15-5-3-4-8-19-15/h3-13H,1-2H3,(H3,21,22,24,25);3-8,13H,9-12H2,1-2H3,(H3,20,22,23,24);2*3-8,11H,9-10H2,1-2H3,(H3,18,20,21,22). The van der Waals surface area contributed by atoms with Crippen molar-refractivity contribution in [3.8, 4) is 63.5 Å². The first-order valence-corrected chi connectivity index (χ1v) is 33.5. The van der Waals surface area contributed by atoms with Crippen molar-refractivity contribution >= 4 is 81.2 Å². The molecule has 0 fully saturated rings. The van der Waals surface area contributed by atoms with Crippen molar-refractivity contribution in [2.75, 3.05) is 140 Å². The fraction of sp³-hybridized carbons (Fsp3) is 0.233. The summed E-state index contributed by atoms with van der Waals surface area (Å²) in [7, 11) is 9.64. The summed E-state index contributed by atoms with van der Waals surface area (Å²) >= 11 is 0. The number of pyridine rings is 4. The molecular weight excluding hydrogens is 1390 g/mol. The lowest BCUT2D eigenvalue weighted by molar-refractivity contribution is 0.132. The highest BCUT2D eigenvalue weighted by molar-refractivity contribution is 5.79. The van der Waals surface area contributed by atoms with Crippen LogP contribution in [0.5, 0.6) is 40.2 Å². The summed E-state index contributed by atoms with van der Waals surface area (Å²) in [6.45, 7) is 7.55. The molecule has 0 aliphatic heterocycles. The third-order valence-corrected chi connectivity index (χ3v) is 14.6. The molecule has 5 aromatic carbocycles. The average molecular weight is 1470 g/mol. The molecule has 13 rings (SSSR count). The lowest BCUT2D eigenvalue weighted by Gasteiger charge is -2.14. The molecule has 0 atom stereocenters. The van der Waals surface area contributed by atoms with E-state index in [0.717, 1.165) is 39.4 Å². The number of nitrogens with one attached hydrogen (secondary N) is 4. The first-order valence-electron chi connectivity index (χ1n) is 33.5. The quantitative estimate of drug-likeness (QED) is 0.0182. The van der Waals surface area contributed by atoms with Gasteiger partial charge in [0.2, 0.25) is 47.6 Å². The van der Waals surface area contributed by atoms with Gasteiger partial charge in [0.15, 0.2) is 57.8 Å². The highest BCUT2D eigenvalue weighted by Crippen LogP contribution is 2.35. The van der Waals surface area contributed by atoms with Crippen molar-refractivity contribution in [2.45, 2.75) is 20.0 Å². The summed E-state index contributed by atoms with van der Waals surface area (Å²) in [6, 6.07) is 52.0. The van der Waals surface area contributed by atoms with Crippen LogP contribution in [0.4, 0.5) is 70.3 Å². The molecule has 108 heavy (non-hydrogen) atoms. The van der Waals surface area contributed by atoms with Crippen LogP contribution in [0.3, 0.4) is 0 Å². The van der Waals surface area contributed by atoms with Crippen LogP contribution in [0.15, 0.2) is 188 Å². The summed E-state index contributed by atoms with van der Waals surface area (Å²) in [6.07, 6.45) is 5.12. The summed E-state index contributed by atoms with van der Waals surface area (Å²) in [5.74, 6) is 9.18. The zero-order chi connectivity index (χ0) is 76.0. The van der Waals surface area contributed by atoms with E-state index in [4.69, 9.17) is 75.0 Å². The minimum Gasteiger partial charge on any atom is -0.493 e. The topological polar surface area (TPSA) is 428 Å². The number of fused-ring (bicyclic) bond motifs is 1. The number of anilines is 12. The van der Waals surface area contributed by atoms with Crippen LogP contribution < -0.4 is 77.4 Å². The van der Waals surface area contributed by atoms with Crippen molar-refractivity contribution < 1.29 is 52.1 Å². The van der Waals surface area contributed by atoms with Gasteiger partial charge in [0.1, 0.15) is 32.2 Å². The average Bonchev–Trinajstić information content (AvgIpc) is 1.53. The predicted molar refractivity (Wildman–Crippen MR) is 409 cm³/mol. The van der Waals surface area contributed by atoms with Gasteiger partial charge in [-0.3, -0.25) is 0 Å². The monoisotopic (exact) mass is 1470 g/mol. The van der Waals surface area contributed by atoms with E-state index in [9.17, 15) is 0 Å². The molecule has 0 aliphatic rings. The highest BCUT2D eigenvalue weighted by atomic mass is 16.6. The van der Waals surface area contributed by atoms with Gasteiger partial charge in [-0.05, 0) is 129 Å². The molecule has 0 bridgehead atoms. The number of aromatic nitrogens is 16. The van der Waals surface area contributed by atoms with Gasteiger partial charge in [-0.15, -0.1) is 20.4 Å². The Hall–Kier alpha value is -13.6. The SMILES string of the molecule is CC(C)Oc1ccc(Nc2nc(N)n(-c3ccc4ccccc4n3)n2)cc1.COCCOc1cc(Nc2nc(N)n(-c3ccccn3)n2)ccc1OC.COCCOc1ccc(Nc2nc(N)n(-c3ccccn3)n2)cc1OC.COCCOc1ccc(Nc2nc(N)n(-c3ccccn3)n2)cc1OCCOC. The summed E-state index contributed by atoms with van der Waals surface area (Å²) in [4.78, 5) is 34.2. The van der Waals surface area contributed by atoms with Gasteiger partial charge >= 0.3 is 0 Å². The predicted octanol–water partition coefficient (Wildman–Crippen LogP) is 10.0. The molecule has 0 radical (unpaired) electrons. The van der Waals surface area contributed by atoms with E-state index in [-0.39, 0.29) is 29.9 Å². The van der Waals surface area contributed by atoms with Gasteiger partial charge in [-0.25, -0.2) is 19.9 Å². The second kappa shape index (κ2) is 39.3. The Bertz CT molecular complexity index is 4900. The molecule has 35 nitrogen and oxygen atoms in total. The molecule has 562 valence electrons. The number of ether oxygens (including phenoxy) is 11. The summed E-state index contributed by atoms with van der Waals surface area (Å²) in [5, 5.41) is 31.0. The van der Waals surface area contributed by atoms with Gasteiger partial charge in [0, 0.05) is 93.4 Å². The minimum atomic E-state index is 0.135. The van der Waals surface area contributed by atoms with Gasteiger partial charge in [-0.1, -0.05) is 36.4 Å². The number of hydrogen-bond donors (Lipinski definition) is 8. The lowest BCUT2D eigenvalue weighted by atomic mass is 10.2. The third kappa shape index (κ3) is 22.0. The van der Waals surface area contributed by atoms with Gasteiger partial charge < -0.3 is 96.3 Å². The Morgan fingerprint density at radius 2 is 0.685 bits per heavy atom. The molecule has 0 aliphatic carbocycles. The molecule has 8 aromatic heterocycles. The molecule has 0 saturated carbocycles. The second-order valence-corrected chi connectivity index (χ2v) is 22.7. The van der Waals surface area contributed by atoms with E-state index in [1.54, 1.807) is 116 Å². The molecule has 8 heterocycles. The Morgan fingerprint density at radius 3 is 1.08 bits per heavy atom. The van der Waals surface area contributed by atoms with Crippen LogP contribution in [0.25, 0.3) is 34.2 Å². The van der Waals surface area contributed by atoms with Gasteiger partial charge in [0.25, 0.3) is 0 Å². The Morgan fingerprint density at radius 1 is 0.333 bits per heavy atom. The number of rotatable bonds is 32. The number of nitrogens with two attached hydrogens (primary N) is 4. The lowest BCUT2D eigenvalue weighted by Crippen LogP contribution is -2.09. The number of nitrogens with zero attached hydrogens (tertiary/aromatic N) is 16. The maximum atomic E-state index is 6.04. The van der Waals surface area contributed by atoms with Crippen molar-refractivity contribution in [1.29, 1.82) is 0 Å². The molecule has 0 unspecified atom stereocenters. The smallest absolute Gasteiger partial charge is 0.248 e. The van der Waals surface area contributed by atoms with E-state index in [1.807, 2.05) is 129 Å². The zero-order valence-electron chi connectivity index (χ0n) is 60.6. The number of nitrogen functional groups attached to an aromatic ring is 4. The van der Waals surface area contributed by atoms with Gasteiger partial charge in [0.05, 0.1) is 52.3 Å². The normalized spacial score (nSPS) is 10.7. The van der Waals surface area contributed by atoms with Crippen LogP contribution in [-0.4, -0.2) is 181 Å². The van der Waals surface area contributed by atoms with E-state index in [1.165, 1.54) is 18.7 Å². The zero-order valence-corrected chi connectivity index (χ0v) is 60.6. The maximum Gasteiger partial charge on any atom is 0.248 e. The first-order chi connectivity index (χ1) is 52.7. The molecule has 12 N–H and O–H groups in total. The number of para-hydroxylation sites is 1. The Kier molecular flexibility index (Phi) is 28.0. The number of methoxy groups -OCH3 is 6. The largest absolute Gasteiger partial charge is 0.493 e. The number of hydrogen-bond acceptors (Lipinski definition) is 31. The third-order valence-electron chi connectivity index (χ3n) is 14.6. The molecule has 0 spiro atoms. The molecular formula is C73H84N24O11. The van der Waals surface area contributed by atoms with Crippen molar-refractivity contribution in [2.24, 2.45) is 0 Å². The van der Waals surface area contributed by atoms with Crippen LogP contribution in [0.2, 0.25) is 0 Å². The Balaban J connectivity index is 0.000000154. The summed E-state index contributed by atoms with van der Waals surface area (Å²) < 4.78 is 65.0. The van der Waals surface area contributed by atoms with Crippen LogP contribution in [0, 0.1) is 0 Å². The molecule has 13 aromatic rings. The van der Waals surface area contributed by atoms with E-state index in [2.05, 4.69) is 81.5 Å². The van der Waals surface area contributed by atoms with Crippen molar-refractivity contribution in [3.63, 3.8) is 0 Å². The maximum absolute atomic E-state index is 6.04. The molecule has 0 amide bonds. The van der Waals surface area contributed by atoms with Crippen LogP contribution >= 0.6 is 0 Å². The van der Waals surface area contributed by atoms with E-state index in [0.29, 0.717) is 134 Å². The van der Waals surface area contributed by atoms with Crippen molar-refractivity contribution in [1.82, 2.24) is 79.0 Å². The van der Waals surface area contributed by atoms with E-state index < -0.39 is 0 Å². The summed E-state index contributed by atoms with van der Waals surface area (Å²) in [5.41, 5.74) is 27.8. The molecule has 0 saturated heterocycles. The first kappa shape index (κ1) is 77.0. The fourth-order valence-electron chi connectivity index (χ4n) is 9.69. The Labute approximate surface area is 621 Å².